The van der Waals surface area contributed by atoms with Gasteiger partial charge in [-0.15, -0.1) is 11.3 Å². The minimum absolute atomic E-state index is 0.00825. The molecule has 0 saturated heterocycles. The zero-order valence-corrected chi connectivity index (χ0v) is 16.2. The van der Waals surface area contributed by atoms with Gasteiger partial charge in [-0.2, -0.15) is 0 Å². The molecule has 25 heavy (non-hydrogen) atoms. The highest BCUT2D eigenvalue weighted by molar-refractivity contribution is 7.16. The summed E-state index contributed by atoms with van der Waals surface area (Å²) in [6, 6.07) is 9.07. The predicted octanol–water partition coefficient (Wildman–Crippen LogP) is 4.88. The van der Waals surface area contributed by atoms with Crippen molar-refractivity contribution in [2.45, 2.75) is 40.5 Å². The van der Waals surface area contributed by atoms with E-state index in [4.69, 9.17) is 0 Å². The van der Waals surface area contributed by atoms with Crippen molar-refractivity contribution >= 4 is 28.2 Å². The lowest BCUT2D eigenvalue weighted by Crippen LogP contribution is -2.33. The molecule has 0 bridgehead atoms. The molecule has 1 aromatic heterocycles. The van der Waals surface area contributed by atoms with Crippen LogP contribution in [0.1, 0.15) is 57.8 Å². The van der Waals surface area contributed by atoms with E-state index in [-0.39, 0.29) is 11.8 Å². The lowest BCUT2D eigenvalue weighted by Gasteiger charge is -2.22. The SMILES string of the molecule is CCCN(CCC)C(=O)c1c(NC(=O)c2ccccc2)sc(C)c1C. The van der Waals surface area contributed by atoms with Crippen LogP contribution in [0, 0.1) is 13.8 Å². The van der Waals surface area contributed by atoms with E-state index in [2.05, 4.69) is 19.2 Å². The lowest BCUT2D eigenvalue weighted by atomic mass is 10.1. The molecule has 2 rings (SSSR count). The van der Waals surface area contributed by atoms with E-state index in [1.807, 2.05) is 36.9 Å². The monoisotopic (exact) mass is 358 g/mol. The third-order valence-corrected chi connectivity index (χ3v) is 5.26. The number of carbonyl (C=O) groups excluding carboxylic acids is 2. The number of amides is 2. The molecule has 0 aliphatic carbocycles. The van der Waals surface area contributed by atoms with Gasteiger partial charge in [-0.3, -0.25) is 9.59 Å². The highest BCUT2D eigenvalue weighted by atomic mass is 32.1. The second-order valence-electron chi connectivity index (χ2n) is 6.10. The first kappa shape index (κ1) is 19.2. The van der Waals surface area contributed by atoms with Gasteiger partial charge in [0.25, 0.3) is 11.8 Å². The molecule has 134 valence electrons. The minimum atomic E-state index is -0.187. The van der Waals surface area contributed by atoms with Crippen molar-refractivity contribution < 1.29 is 9.59 Å². The van der Waals surface area contributed by atoms with Gasteiger partial charge in [-0.05, 0) is 44.4 Å². The summed E-state index contributed by atoms with van der Waals surface area (Å²) in [5.41, 5.74) is 2.17. The van der Waals surface area contributed by atoms with E-state index in [0.717, 1.165) is 36.4 Å². The summed E-state index contributed by atoms with van der Waals surface area (Å²) in [6.45, 7) is 9.53. The van der Waals surface area contributed by atoms with E-state index < -0.39 is 0 Å². The second-order valence-corrected chi connectivity index (χ2v) is 7.32. The lowest BCUT2D eigenvalue weighted by molar-refractivity contribution is 0.0756. The summed E-state index contributed by atoms with van der Waals surface area (Å²) < 4.78 is 0. The number of hydrogen-bond acceptors (Lipinski definition) is 3. The number of nitrogens with one attached hydrogen (secondary N) is 1. The molecule has 1 heterocycles. The van der Waals surface area contributed by atoms with Crippen LogP contribution in [-0.2, 0) is 0 Å². The summed E-state index contributed by atoms with van der Waals surface area (Å²) >= 11 is 1.47. The molecule has 0 fully saturated rings. The summed E-state index contributed by atoms with van der Waals surface area (Å²) in [7, 11) is 0. The van der Waals surface area contributed by atoms with Gasteiger partial charge in [0, 0.05) is 23.5 Å². The van der Waals surface area contributed by atoms with Crippen LogP contribution in [0.5, 0.6) is 0 Å². The molecule has 0 aliphatic heterocycles. The Morgan fingerprint density at radius 1 is 1.04 bits per heavy atom. The first-order valence-electron chi connectivity index (χ1n) is 8.75. The molecule has 1 N–H and O–H groups in total. The van der Waals surface area contributed by atoms with E-state index >= 15 is 0 Å². The van der Waals surface area contributed by atoms with E-state index in [1.54, 1.807) is 12.1 Å². The number of thiophene rings is 1. The molecular formula is C20H26N2O2S. The fourth-order valence-corrected chi connectivity index (χ4v) is 3.80. The maximum atomic E-state index is 13.1. The third-order valence-electron chi connectivity index (χ3n) is 4.14. The average Bonchev–Trinajstić information content (AvgIpc) is 2.88. The van der Waals surface area contributed by atoms with Gasteiger partial charge >= 0.3 is 0 Å². The van der Waals surface area contributed by atoms with Crippen LogP contribution in [0.15, 0.2) is 30.3 Å². The molecule has 0 unspecified atom stereocenters. The van der Waals surface area contributed by atoms with Crippen LogP contribution in [0.25, 0.3) is 0 Å². The molecule has 2 amide bonds. The Hall–Kier alpha value is -2.14. The van der Waals surface area contributed by atoms with Crippen LogP contribution in [0.3, 0.4) is 0 Å². The zero-order valence-electron chi connectivity index (χ0n) is 15.4. The second kappa shape index (κ2) is 8.81. The number of aryl methyl sites for hydroxylation is 1. The minimum Gasteiger partial charge on any atom is -0.339 e. The molecule has 1 aromatic carbocycles. The van der Waals surface area contributed by atoms with Gasteiger partial charge in [0.1, 0.15) is 5.00 Å². The van der Waals surface area contributed by atoms with Crippen LogP contribution in [0.4, 0.5) is 5.00 Å². The van der Waals surface area contributed by atoms with Crippen molar-refractivity contribution in [3.05, 3.63) is 51.9 Å². The Morgan fingerprint density at radius 3 is 2.20 bits per heavy atom. The van der Waals surface area contributed by atoms with Crippen LogP contribution in [-0.4, -0.2) is 29.8 Å². The van der Waals surface area contributed by atoms with Crippen molar-refractivity contribution in [2.75, 3.05) is 18.4 Å². The number of carbonyl (C=O) groups is 2. The van der Waals surface area contributed by atoms with Crippen molar-refractivity contribution in [3.8, 4) is 0 Å². The Morgan fingerprint density at radius 2 is 1.64 bits per heavy atom. The Labute approximate surface area is 153 Å². The topological polar surface area (TPSA) is 49.4 Å². The molecule has 0 saturated carbocycles. The van der Waals surface area contributed by atoms with Crippen molar-refractivity contribution in [2.24, 2.45) is 0 Å². The highest BCUT2D eigenvalue weighted by Gasteiger charge is 2.24. The molecule has 4 nitrogen and oxygen atoms in total. The normalized spacial score (nSPS) is 10.6. The molecule has 5 heteroatoms. The molecule has 0 radical (unpaired) electrons. The van der Waals surface area contributed by atoms with Crippen molar-refractivity contribution in [1.82, 2.24) is 4.90 Å². The van der Waals surface area contributed by atoms with E-state index in [0.29, 0.717) is 16.1 Å². The summed E-state index contributed by atoms with van der Waals surface area (Å²) in [5.74, 6) is -0.178. The number of benzene rings is 1. The maximum Gasteiger partial charge on any atom is 0.257 e. The summed E-state index contributed by atoms with van der Waals surface area (Å²) in [5, 5.41) is 3.59. The third kappa shape index (κ3) is 4.48. The van der Waals surface area contributed by atoms with Gasteiger partial charge in [0.05, 0.1) is 5.56 Å². The smallest absolute Gasteiger partial charge is 0.257 e. The quantitative estimate of drug-likeness (QED) is 0.767. The van der Waals surface area contributed by atoms with E-state index in [1.165, 1.54) is 11.3 Å². The fourth-order valence-electron chi connectivity index (χ4n) is 2.75. The van der Waals surface area contributed by atoms with Gasteiger partial charge in [0.15, 0.2) is 0 Å². The van der Waals surface area contributed by atoms with Crippen LogP contribution >= 0.6 is 11.3 Å². The fraction of sp³-hybridized carbons (Fsp3) is 0.400. The molecule has 0 aliphatic rings. The zero-order chi connectivity index (χ0) is 18.4. The standard InChI is InChI=1S/C20H26N2O2S/c1-5-12-22(13-6-2)20(24)17-14(3)15(4)25-19(17)21-18(23)16-10-8-7-9-11-16/h7-11H,5-6,12-13H2,1-4H3,(H,21,23). The predicted molar refractivity (Wildman–Crippen MR) is 105 cm³/mol. The van der Waals surface area contributed by atoms with Crippen molar-refractivity contribution in [1.29, 1.82) is 0 Å². The molecular weight excluding hydrogens is 332 g/mol. The number of nitrogens with zero attached hydrogens (tertiary/aromatic N) is 1. The molecule has 0 atom stereocenters. The molecule has 2 aromatic rings. The first-order valence-corrected chi connectivity index (χ1v) is 9.56. The molecule has 0 spiro atoms. The number of rotatable bonds is 7. The van der Waals surface area contributed by atoms with Gasteiger partial charge < -0.3 is 10.2 Å². The maximum absolute atomic E-state index is 13.1. The van der Waals surface area contributed by atoms with Crippen LogP contribution in [0.2, 0.25) is 0 Å². The largest absolute Gasteiger partial charge is 0.339 e. The highest BCUT2D eigenvalue weighted by Crippen LogP contribution is 2.34. The van der Waals surface area contributed by atoms with Crippen LogP contribution < -0.4 is 5.32 Å². The van der Waals surface area contributed by atoms with Gasteiger partial charge in [0.2, 0.25) is 0 Å². The Kier molecular flexibility index (Phi) is 6.76. The number of hydrogen-bond donors (Lipinski definition) is 1. The average molecular weight is 359 g/mol. The summed E-state index contributed by atoms with van der Waals surface area (Å²) in [6.07, 6.45) is 1.83. The summed E-state index contributed by atoms with van der Waals surface area (Å²) in [4.78, 5) is 28.5. The van der Waals surface area contributed by atoms with Gasteiger partial charge in [-0.1, -0.05) is 32.0 Å². The van der Waals surface area contributed by atoms with Crippen molar-refractivity contribution in [3.63, 3.8) is 0 Å². The van der Waals surface area contributed by atoms with Gasteiger partial charge in [-0.25, -0.2) is 0 Å². The first-order chi connectivity index (χ1) is 12.0. The number of anilines is 1. The Bertz CT molecular complexity index is 732. The Balaban J connectivity index is 2.32. The van der Waals surface area contributed by atoms with E-state index in [9.17, 15) is 9.59 Å².